The average Bonchev–Trinajstić information content (AvgIpc) is 3.16. The third-order valence-electron chi connectivity index (χ3n) is 10.3. The van der Waals surface area contributed by atoms with Gasteiger partial charge in [0, 0.05) is 31.2 Å². The highest BCUT2D eigenvalue weighted by atomic mass is 28.3. The van der Waals surface area contributed by atoms with Gasteiger partial charge in [0.2, 0.25) is 0 Å². The lowest BCUT2D eigenvalue weighted by molar-refractivity contribution is 1.13. The van der Waals surface area contributed by atoms with Crippen LogP contribution in [-0.4, -0.2) is 22.2 Å². The van der Waals surface area contributed by atoms with E-state index in [1.54, 1.807) is 0 Å². The van der Waals surface area contributed by atoms with Gasteiger partial charge >= 0.3 is 0 Å². The van der Waals surface area contributed by atoms with E-state index in [1.165, 1.54) is 66.0 Å². The van der Waals surface area contributed by atoms with Crippen LogP contribution in [0.15, 0.2) is 176 Å². The fourth-order valence-electron chi connectivity index (χ4n) is 8.05. The highest BCUT2D eigenvalue weighted by molar-refractivity contribution is 7.21. The third kappa shape index (κ3) is 4.13. The Bertz CT molecular complexity index is 2250. The van der Waals surface area contributed by atoms with Crippen LogP contribution in [-0.2, 0) is 0 Å². The number of hydrogen-bond acceptors (Lipinski definition) is 3. The van der Waals surface area contributed by atoms with Crippen LogP contribution in [0, 0.1) is 0 Å². The van der Waals surface area contributed by atoms with Gasteiger partial charge in [0.25, 0.3) is 0 Å². The first-order valence-corrected chi connectivity index (χ1v) is 18.6. The summed E-state index contributed by atoms with van der Waals surface area (Å²) < 4.78 is 0. The molecule has 0 bridgehead atoms. The molecule has 0 saturated heterocycles. The van der Waals surface area contributed by atoms with Crippen molar-refractivity contribution in [2.24, 2.45) is 0 Å². The van der Waals surface area contributed by atoms with Gasteiger partial charge in [-0.25, -0.2) is 0 Å². The van der Waals surface area contributed by atoms with E-state index >= 15 is 0 Å². The van der Waals surface area contributed by atoms with Gasteiger partial charge in [-0.2, -0.15) is 0 Å². The monoisotopic (exact) mass is 633 g/mol. The largest absolute Gasteiger partial charge is 0.345 e. The Morgan fingerprint density at radius 3 is 1.48 bits per heavy atom. The van der Waals surface area contributed by atoms with Gasteiger partial charge in [-0.3, -0.25) is 0 Å². The molecule has 0 aliphatic carbocycles. The van der Waals surface area contributed by atoms with Crippen molar-refractivity contribution in [1.82, 2.24) is 0 Å². The zero-order valence-electron chi connectivity index (χ0n) is 27.1. The number of rotatable bonds is 4. The summed E-state index contributed by atoms with van der Waals surface area (Å²) in [6, 6.07) is 65.0. The van der Waals surface area contributed by atoms with Crippen LogP contribution in [0.4, 0.5) is 39.8 Å². The molecule has 48 heavy (non-hydrogen) atoms. The molecule has 0 aromatic heterocycles. The molecule has 9 rings (SSSR count). The SMILES string of the molecule is CN1c2ccccc2N(c2ccccc2)c2cc(-c3ccc4c(c3)[Si](c3ccccc3)(c3ccccc3)c3ccccc3N4C)ccc21. The van der Waals surface area contributed by atoms with Gasteiger partial charge in [0.1, 0.15) is 0 Å². The lowest BCUT2D eigenvalue weighted by Crippen LogP contribution is -2.77. The summed E-state index contributed by atoms with van der Waals surface area (Å²) in [7, 11) is 1.69. The van der Waals surface area contributed by atoms with Crippen molar-refractivity contribution < 1.29 is 0 Å². The summed E-state index contributed by atoms with van der Waals surface area (Å²) in [6.07, 6.45) is 0. The van der Waals surface area contributed by atoms with Crippen LogP contribution in [0.2, 0.25) is 0 Å². The topological polar surface area (TPSA) is 9.72 Å². The van der Waals surface area contributed by atoms with E-state index < -0.39 is 8.07 Å². The molecule has 4 heteroatoms. The summed E-state index contributed by atoms with van der Waals surface area (Å²) in [6.45, 7) is 0. The number of nitrogens with zero attached hydrogens (tertiary/aromatic N) is 3. The summed E-state index contributed by atoms with van der Waals surface area (Å²) in [5.74, 6) is 0. The quantitative estimate of drug-likeness (QED) is 0.180. The van der Waals surface area contributed by atoms with E-state index in [0.29, 0.717) is 0 Å². The molecule has 0 unspecified atom stereocenters. The molecule has 0 fully saturated rings. The summed E-state index contributed by atoms with van der Waals surface area (Å²) >= 11 is 0. The smallest absolute Gasteiger partial charge is 0.184 e. The van der Waals surface area contributed by atoms with Crippen LogP contribution in [0.25, 0.3) is 11.1 Å². The van der Waals surface area contributed by atoms with Crippen LogP contribution in [0.3, 0.4) is 0 Å². The zero-order chi connectivity index (χ0) is 32.2. The van der Waals surface area contributed by atoms with Gasteiger partial charge in [-0.15, -0.1) is 0 Å². The molecule has 0 radical (unpaired) electrons. The van der Waals surface area contributed by atoms with Crippen molar-refractivity contribution in [1.29, 1.82) is 0 Å². The molecule has 0 N–H and O–H groups in total. The maximum atomic E-state index is 2.50. The number of benzene rings is 7. The molecule has 0 saturated carbocycles. The van der Waals surface area contributed by atoms with Gasteiger partial charge in [-0.1, -0.05) is 127 Å². The van der Waals surface area contributed by atoms with Crippen molar-refractivity contribution in [3.05, 3.63) is 176 Å². The number of anilines is 7. The summed E-state index contributed by atoms with van der Waals surface area (Å²) in [5, 5.41) is 5.63. The zero-order valence-corrected chi connectivity index (χ0v) is 28.1. The second kappa shape index (κ2) is 11.1. The van der Waals surface area contributed by atoms with Crippen LogP contribution >= 0.6 is 0 Å². The highest BCUT2D eigenvalue weighted by Crippen LogP contribution is 2.51. The molecule has 7 aromatic carbocycles. The van der Waals surface area contributed by atoms with E-state index in [4.69, 9.17) is 0 Å². The molecular formula is C44H35N3Si. The highest BCUT2D eigenvalue weighted by Gasteiger charge is 2.48. The predicted octanol–water partition coefficient (Wildman–Crippen LogP) is 8.36. The number of para-hydroxylation sites is 4. The summed E-state index contributed by atoms with van der Waals surface area (Å²) in [5.41, 5.74) is 10.9. The van der Waals surface area contributed by atoms with Gasteiger partial charge in [0.05, 0.1) is 22.7 Å². The maximum Gasteiger partial charge on any atom is 0.184 e. The van der Waals surface area contributed by atoms with E-state index in [2.05, 4.69) is 205 Å². The minimum atomic E-state index is -2.70. The first kappa shape index (κ1) is 28.4. The Morgan fingerprint density at radius 2 is 0.812 bits per heavy atom. The fourth-order valence-corrected chi connectivity index (χ4v) is 13.3. The minimum Gasteiger partial charge on any atom is -0.345 e. The Morgan fingerprint density at radius 1 is 0.354 bits per heavy atom. The lowest BCUT2D eigenvalue weighted by Gasteiger charge is -2.44. The molecule has 0 spiro atoms. The molecule has 7 aromatic rings. The molecule has 2 aliphatic heterocycles. The second-order valence-corrected chi connectivity index (χ2v) is 16.4. The van der Waals surface area contributed by atoms with Crippen molar-refractivity contribution in [3.63, 3.8) is 0 Å². The first-order valence-electron chi connectivity index (χ1n) is 16.6. The molecule has 230 valence electrons. The maximum absolute atomic E-state index is 2.70. The van der Waals surface area contributed by atoms with Gasteiger partial charge in [-0.05, 0) is 80.4 Å². The normalized spacial score (nSPS) is 14.1. The lowest BCUT2D eigenvalue weighted by atomic mass is 10.00. The van der Waals surface area contributed by atoms with Crippen LogP contribution in [0.5, 0.6) is 0 Å². The average molecular weight is 634 g/mol. The molecule has 3 nitrogen and oxygen atoms in total. The summed E-state index contributed by atoms with van der Waals surface area (Å²) in [4.78, 5) is 7.11. The van der Waals surface area contributed by atoms with Crippen molar-refractivity contribution >= 4 is 68.6 Å². The number of hydrogen-bond donors (Lipinski definition) is 0. The molecule has 2 heterocycles. The predicted molar refractivity (Wildman–Crippen MR) is 206 cm³/mol. The van der Waals surface area contributed by atoms with E-state index in [0.717, 1.165) is 5.69 Å². The molecule has 0 amide bonds. The fraction of sp³-hybridized carbons (Fsp3) is 0.0455. The van der Waals surface area contributed by atoms with Crippen LogP contribution in [0.1, 0.15) is 0 Å². The first-order chi connectivity index (χ1) is 23.7. The van der Waals surface area contributed by atoms with Crippen molar-refractivity contribution in [3.8, 4) is 11.1 Å². The third-order valence-corrected chi connectivity index (χ3v) is 15.1. The Labute approximate surface area is 283 Å². The molecule has 2 aliphatic rings. The van der Waals surface area contributed by atoms with Gasteiger partial charge < -0.3 is 14.7 Å². The molecule has 0 atom stereocenters. The van der Waals surface area contributed by atoms with E-state index in [9.17, 15) is 0 Å². The van der Waals surface area contributed by atoms with E-state index in [-0.39, 0.29) is 0 Å². The molecular weight excluding hydrogens is 599 g/mol. The standard InChI is InChI=1S/C44H35N3Si/c1-45-37-22-12-13-23-39(37)47(34-16-6-3-7-17-34)42-30-32(26-28-38(42)45)33-27-29-41-44(31-33)48(35-18-8-4-9-19-35,36-20-10-5-11-21-36)43-25-15-14-24-40(43)46(41)2/h3-31H,1-2H3. The van der Waals surface area contributed by atoms with E-state index in [1.807, 2.05) is 0 Å². The Kier molecular flexibility index (Phi) is 6.59. The Balaban J connectivity index is 1.29. The van der Waals surface area contributed by atoms with Crippen molar-refractivity contribution in [2.75, 3.05) is 28.8 Å². The second-order valence-electron chi connectivity index (χ2n) is 12.7. The van der Waals surface area contributed by atoms with Gasteiger partial charge in [0.15, 0.2) is 8.07 Å². The van der Waals surface area contributed by atoms with Crippen LogP contribution < -0.4 is 35.4 Å². The Hall–Kier alpha value is -5.84. The van der Waals surface area contributed by atoms with Crippen molar-refractivity contribution in [2.45, 2.75) is 0 Å². The number of fused-ring (bicyclic) bond motifs is 4. The minimum absolute atomic E-state index is 1.15.